The third-order valence-corrected chi connectivity index (χ3v) is 12.4. The molecule has 2 aliphatic rings. The van der Waals surface area contributed by atoms with E-state index in [0.29, 0.717) is 19.8 Å². The Morgan fingerprint density at radius 1 is 0.615 bits per heavy atom. The van der Waals surface area contributed by atoms with Gasteiger partial charge in [0.15, 0.2) is 6.29 Å². The number of nitrogens with zero attached hydrogens (tertiary/aromatic N) is 4. The van der Waals surface area contributed by atoms with Crippen LogP contribution in [0.3, 0.4) is 0 Å². The monoisotopic (exact) mass is 592 g/mol. The molecule has 0 aromatic rings. The molecule has 2 heterocycles. The molecule has 0 N–H and O–H groups in total. The fourth-order valence-corrected chi connectivity index (χ4v) is 9.20. The molecular weight excluding hydrogens is 529 g/mol. The molecule has 0 unspecified atom stereocenters. The Morgan fingerprint density at radius 3 is 1.46 bits per heavy atom. The van der Waals surface area contributed by atoms with E-state index >= 15 is 0 Å². The van der Waals surface area contributed by atoms with E-state index in [0.717, 1.165) is 32.2 Å². The maximum atomic E-state index is 5.88. The van der Waals surface area contributed by atoms with E-state index < -0.39 is 8.80 Å². The molecular formula is C28H64N4O5Si2. The fourth-order valence-electron chi connectivity index (χ4n) is 5.07. The first-order valence-electron chi connectivity index (χ1n) is 15.9. The lowest BCUT2D eigenvalue weighted by Gasteiger charge is -2.33. The maximum absolute atomic E-state index is 5.88. The molecule has 2 fully saturated rings. The lowest BCUT2D eigenvalue weighted by molar-refractivity contribution is -0.123. The Hall–Kier alpha value is 0.0738. The van der Waals surface area contributed by atoms with Gasteiger partial charge in [0.2, 0.25) is 0 Å². The first-order valence-corrected chi connectivity index (χ1v) is 19.8. The molecule has 0 saturated carbocycles. The second-order valence-corrected chi connectivity index (χ2v) is 15.3. The summed E-state index contributed by atoms with van der Waals surface area (Å²) in [5.41, 5.74) is 0. The van der Waals surface area contributed by atoms with Crippen molar-refractivity contribution in [3.8, 4) is 0 Å². The summed E-state index contributed by atoms with van der Waals surface area (Å²) in [6, 6.07) is 3.52. The van der Waals surface area contributed by atoms with Crippen molar-refractivity contribution in [3.05, 3.63) is 0 Å². The van der Waals surface area contributed by atoms with Crippen molar-refractivity contribution in [2.75, 3.05) is 113 Å². The highest BCUT2D eigenvalue weighted by Gasteiger charge is 2.39. The number of hydrogen-bond acceptors (Lipinski definition) is 9. The smallest absolute Gasteiger partial charge is 0.374 e. The Labute approximate surface area is 245 Å². The Kier molecular flexibility index (Phi) is 22.5. The SMILES string of the molecule is CCOC(C[SiH2]CCCN1CCN(C)CC1)OCC.CCO[Si](CCCN1CCN(C)CC1)(OCC)OCC. The molecule has 39 heavy (non-hydrogen) atoms. The second kappa shape index (κ2) is 23.6. The lowest BCUT2D eigenvalue weighted by atomic mass is 10.3. The highest BCUT2D eigenvalue weighted by molar-refractivity contribution is 6.60. The van der Waals surface area contributed by atoms with E-state index in [1.54, 1.807) is 0 Å². The minimum Gasteiger partial charge on any atom is -0.374 e. The van der Waals surface area contributed by atoms with Crippen LogP contribution in [0.25, 0.3) is 0 Å². The third-order valence-electron chi connectivity index (χ3n) is 7.36. The zero-order chi connectivity index (χ0) is 28.8. The van der Waals surface area contributed by atoms with Crippen molar-refractivity contribution in [2.45, 2.75) is 71.9 Å². The molecule has 2 saturated heterocycles. The van der Waals surface area contributed by atoms with Crippen LogP contribution in [0.5, 0.6) is 0 Å². The predicted molar refractivity (Wildman–Crippen MR) is 168 cm³/mol. The average molecular weight is 593 g/mol. The molecule has 2 aliphatic heterocycles. The van der Waals surface area contributed by atoms with Gasteiger partial charge in [0.05, 0.1) is 0 Å². The van der Waals surface area contributed by atoms with E-state index in [4.69, 9.17) is 22.8 Å². The Bertz CT molecular complexity index is 531. The predicted octanol–water partition coefficient (Wildman–Crippen LogP) is 2.70. The first-order chi connectivity index (χ1) is 18.9. The fraction of sp³-hybridized carbons (Fsp3) is 1.00. The van der Waals surface area contributed by atoms with Gasteiger partial charge in [-0.1, -0.05) is 6.04 Å². The molecule has 11 heteroatoms. The normalized spacial score (nSPS) is 18.8. The molecule has 0 radical (unpaired) electrons. The average Bonchev–Trinajstić information content (AvgIpc) is 2.92. The summed E-state index contributed by atoms with van der Waals surface area (Å²) in [5.74, 6) is 0. The van der Waals surface area contributed by atoms with Crippen LogP contribution in [0.2, 0.25) is 18.1 Å². The van der Waals surface area contributed by atoms with E-state index in [1.165, 1.54) is 77.4 Å². The van der Waals surface area contributed by atoms with Crippen LogP contribution < -0.4 is 0 Å². The van der Waals surface area contributed by atoms with E-state index in [1.807, 2.05) is 34.6 Å². The lowest BCUT2D eigenvalue weighted by Crippen LogP contribution is -2.48. The van der Waals surface area contributed by atoms with E-state index in [-0.39, 0.29) is 15.8 Å². The van der Waals surface area contributed by atoms with Crippen molar-refractivity contribution >= 4 is 18.3 Å². The van der Waals surface area contributed by atoms with Crippen molar-refractivity contribution in [2.24, 2.45) is 0 Å². The first kappa shape index (κ1) is 37.1. The van der Waals surface area contributed by atoms with Gasteiger partial charge >= 0.3 is 8.80 Å². The van der Waals surface area contributed by atoms with Crippen LogP contribution >= 0.6 is 0 Å². The molecule has 234 valence electrons. The Balaban J connectivity index is 0.000000391. The third kappa shape index (κ3) is 17.6. The minimum absolute atomic E-state index is 0.0208. The number of rotatable bonds is 20. The standard InChI is InChI=1S/C14H32N2O3Si.C14H32N2O2Si/c1-5-17-20(18-6-2,19-7-3)14-8-9-16-12-10-15(4)11-13-16;1-4-17-14(18-5-2)13-19-12-6-7-16-10-8-15(3)9-11-16/h5-14H2,1-4H3;14H,4-13,19H2,1-3H3. The quantitative estimate of drug-likeness (QED) is 0.121. The van der Waals surface area contributed by atoms with Gasteiger partial charge in [-0.2, -0.15) is 0 Å². The maximum Gasteiger partial charge on any atom is 0.500 e. The number of piperazine rings is 2. The summed E-state index contributed by atoms with van der Waals surface area (Å²) in [5, 5.41) is 0. The molecule has 0 bridgehead atoms. The van der Waals surface area contributed by atoms with Crippen molar-refractivity contribution in [1.82, 2.24) is 19.6 Å². The van der Waals surface area contributed by atoms with Gasteiger partial charge < -0.3 is 42.4 Å². The van der Waals surface area contributed by atoms with Crippen LogP contribution in [-0.4, -0.2) is 157 Å². The van der Waals surface area contributed by atoms with Gasteiger partial charge in [-0.15, -0.1) is 0 Å². The van der Waals surface area contributed by atoms with Crippen molar-refractivity contribution in [1.29, 1.82) is 0 Å². The number of likely N-dealkylation sites (N-methyl/N-ethyl adjacent to an activating group) is 2. The summed E-state index contributed by atoms with van der Waals surface area (Å²) in [6.07, 6.45) is 2.53. The van der Waals surface area contributed by atoms with Gasteiger partial charge in [-0.25, -0.2) is 0 Å². The molecule has 0 amide bonds. The summed E-state index contributed by atoms with van der Waals surface area (Å²) in [4.78, 5) is 9.94. The van der Waals surface area contributed by atoms with E-state index in [9.17, 15) is 0 Å². The zero-order valence-corrected chi connectivity index (χ0v) is 29.2. The summed E-state index contributed by atoms with van der Waals surface area (Å²) in [6.45, 7) is 25.7. The number of hydrogen-bond donors (Lipinski definition) is 0. The Morgan fingerprint density at radius 2 is 1.05 bits per heavy atom. The second-order valence-electron chi connectivity index (χ2n) is 10.6. The van der Waals surface area contributed by atoms with Crippen LogP contribution in [-0.2, 0) is 22.8 Å². The highest BCUT2D eigenvalue weighted by atomic mass is 28.4. The summed E-state index contributed by atoms with van der Waals surface area (Å²) in [7, 11) is 1.95. The molecule has 0 aromatic carbocycles. The molecule has 0 spiro atoms. The van der Waals surface area contributed by atoms with Gasteiger partial charge in [0.25, 0.3) is 0 Å². The molecule has 0 atom stereocenters. The minimum atomic E-state index is -2.43. The highest BCUT2D eigenvalue weighted by Crippen LogP contribution is 2.19. The zero-order valence-electron chi connectivity index (χ0n) is 26.8. The van der Waals surface area contributed by atoms with E-state index in [2.05, 4.69) is 33.7 Å². The summed E-state index contributed by atoms with van der Waals surface area (Å²) < 4.78 is 28.8. The van der Waals surface area contributed by atoms with Crippen LogP contribution in [0.15, 0.2) is 0 Å². The van der Waals surface area contributed by atoms with Crippen LogP contribution in [0.1, 0.15) is 47.5 Å². The van der Waals surface area contributed by atoms with Crippen molar-refractivity contribution < 1.29 is 22.8 Å². The molecule has 0 aliphatic carbocycles. The van der Waals surface area contributed by atoms with Gasteiger partial charge in [-0.05, 0) is 80.7 Å². The molecule has 2 rings (SSSR count). The number of ether oxygens (including phenoxy) is 2. The van der Waals surface area contributed by atoms with Gasteiger partial charge in [-0.3, -0.25) is 0 Å². The summed E-state index contributed by atoms with van der Waals surface area (Å²) >= 11 is 0. The van der Waals surface area contributed by atoms with Crippen LogP contribution in [0.4, 0.5) is 0 Å². The van der Waals surface area contributed by atoms with Crippen molar-refractivity contribution in [3.63, 3.8) is 0 Å². The van der Waals surface area contributed by atoms with Crippen LogP contribution in [0, 0.1) is 0 Å². The van der Waals surface area contributed by atoms with Gasteiger partial charge in [0.1, 0.15) is 0 Å². The molecule has 9 nitrogen and oxygen atoms in total. The molecule has 0 aromatic heterocycles. The van der Waals surface area contributed by atoms with Gasteiger partial charge in [0, 0.05) is 101 Å². The topological polar surface area (TPSA) is 59.1 Å². The largest absolute Gasteiger partial charge is 0.500 e.